The first-order valence-corrected chi connectivity index (χ1v) is 4.49. The van der Waals surface area contributed by atoms with Crippen LogP contribution in [-0.4, -0.2) is 38.7 Å². The van der Waals surface area contributed by atoms with Crippen LogP contribution in [0, 0.1) is 0 Å². The van der Waals surface area contributed by atoms with Gasteiger partial charge in [0, 0.05) is 12.7 Å². The first kappa shape index (κ1) is 10.1. The number of carbonyl (C=O) groups excluding carboxylic acids is 1. The van der Waals surface area contributed by atoms with Gasteiger partial charge in [-0.05, 0) is 29.5 Å². The maximum Gasteiger partial charge on any atom is 0.299 e. The lowest BCUT2D eigenvalue weighted by Crippen LogP contribution is -2.27. The molecule has 0 bridgehead atoms. The predicted molar refractivity (Wildman–Crippen MR) is 55.0 cm³/mol. The fourth-order valence-corrected chi connectivity index (χ4v) is 1.20. The van der Waals surface area contributed by atoms with Crippen LogP contribution >= 0.6 is 0 Å². The van der Waals surface area contributed by atoms with Crippen molar-refractivity contribution in [2.45, 2.75) is 0 Å². The van der Waals surface area contributed by atoms with E-state index >= 15 is 0 Å². The van der Waals surface area contributed by atoms with Gasteiger partial charge in [-0.25, -0.2) is 0 Å². The Balaban J connectivity index is 2.22. The Kier molecular flexibility index (Phi) is 2.50. The fourth-order valence-electron chi connectivity index (χ4n) is 1.20. The summed E-state index contributed by atoms with van der Waals surface area (Å²) >= 11 is 0. The highest BCUT2D eigenvalue weighted by atomic mass is 16.3. The van der Waals surface area contributed by atoms with Gasteiger partial charge in [0.2, 0.25) is 0 Å². The number of carbonyl (C=O) groups is 1. The number of tetrazole rings is 1. The van der Waals surface area contributed by atoms with E-state index in [1.165, 1.54) is 17.0 Å². The molecule has 0 fully saturated rings. The average Bonchev–Trinajstić information content (AvgIpc) is 2.81. The largest absolute Gasteiger partial charge is 0.508 e. The van der Waals surface area contributed by atoms with E-state index < -0.39 is 0 Å². The molecule has 1 aromatic carbocycles. The summed E-state index contributed by atoms with van der Waals surface area (Å²) in [6, 6.07) is 6.23. The summed E-state index contributed by atoms with van der Waals surface area (Å²) in [5.41, 5.74) is 0.632. The number of amides is 1. The molecule has 0 aliphatic heterocycles. The molecule has 2 aromatic rings. The molecule has 1 heterocycles. The van der Waals surface area contributed by atoms with Gasteiger partial charge in [0.15, 0.2) is 0 Å². The molecule has 0 saturated carbocycles. The predicted octanol–water partition coefficient (Wildman–Crippen LogP) is 0.182. The summed E-state index contributed by atoms with van der Waals surface area (Å²) in [6.07, 6.45) is 0. The first-order valence-electron chi connectivity index (χ1n) is 4.49. The SMILES string of the molecule is CN(C(=O)c1nn[nH]n1)c1ccc(O)cc1. The van der Waals surface area contributed by atoms with E-state index in [4.69, 9.17) is 5.11 Å². The number of phenols is 1. The lowest BCUT2D eigenvalue weighted by atomic mass is 10.3. The van der Waals surface area contributed by atoms with Gasteiger partial charge in [0.25, 0.3) is 11.7 Å². The van der Waals surface area contributed by atoms with Crippen molar-refractivity contribution in [3.8, 4) is 5.75 Å². The van der Waals surface area contributed by atoms with Crippen LogP contribution in [0.3, 0.4) is 0 Å². The average molecular weight is 219 g/mol. The number of phenolic OH excluding ortho intramolecular Hbond substituents is 1. The second-order valence-electron chi connectivity index (χ2n) is 3.12. The van der Waals surface area contributed by atoms with Crippen molar-refractivity contribution in [1.29, 1.82) is 0 Å². The molecule has 2 rings (SSSR count). The molecule has 82 valence electrons. The Morgan fingerprint density at radius 2 is 2.06 bits per heavy atom. The molecule has 16 heavy (non-hydrogen) atoms. The highest BCUT2D eigenvalue weighted by Gasteiger charge is 2.17. The molecule has 2 N–H and O–H groups in total. The van der Waals surface area contributed by atoms with Gasteiger partial charge in [-0.1, -0.05) is 0 Å². The number of hydrogen-bond donors (Lipinski definition) is 2. The zero-order valence-electron chi connectivity index (χ0n) is 8.45. The summed E-state index contributed by atoms with van der Waals surface area (Å²) in [5, 5.41) is 21.8. The lowest BCUT2D eigenvalue weighted by Gasteiger charge is -2.14. The van der Waals surface area contributed by atoms with Gasteiger partial charge in [-0.15, -0.1) is 10.2 Å². The van der Waals surface area contributed by atoms with E-state index in [1.54, 1.807) is 19.2 Å². The number of aromatic amines is 1. The van der Waals surface area contributed by atoms with Crippen molar-refractivity contribution >= 4 is 11.6 Å². The number of benzene rings is 1. The third kappa shape index (κ3) is 1.83. The topological polar surface area (TPSA) is 95.0 Å². The van der Waals surface area contributed by atoms with Gasteiger partial charge in [0.05, 0.1) is 0 Å². The van der Waals surface area contributed by atoms with E-state index in [-0.39, 0.29) is 17.5 Å². The molecule has 0 atom stereocenters. The lowest BCUT2D eigenvalue weighted by molar-refractivity contribution is 0.0983. The number of nitrogens with zero attached hydrogens (tertiary/aromatic N) is 4. The van der Waals surface area contributed by atoms with Crippen molar-refractivity contribution in [1.82, 2.24) is 20.6 Å². The maximum atomic E-state index is 11.8. The molecular weight excluding hydrogens is 210 g/mol. The molecule has 7 nitrogen and oxygen atoms in total. The minimum atomic E-state index is -0.376. The Morgan fingerprint density at radius 1 is 1.38 bits per heavy atom. The third-order valence-electron chi connectivity index (χ3n) is 2.08. The number of H-pyrrole nitrogens is 1. The Bertz CT molecular complexity index is 479. The quantitative estimate of drug-likeness (QED) is 0.751. The maximum absolute atomic E-state index is 11.8. The van der Waals surface area contributed by atoms with Gasteiger partial charge >= 0.3 is 0 Å². The van der Waals surface area contributed by atoms with E-state index in [1.807, 2.05) is 0 Å². The van der Waals surface area contributed by atoms with Crippen molar-refractivity contribution in [2.75, 3.05) is 11.9 Å². The number of anilines is 1. The van der Waals surface area contributed by atoms with E-state index in [9.17, 15) is 4.79 Å². The standard InChI is InChI=1S/C9H9N5O2/c1-14(6-2-4-7(15)5-3-6)9(16)8-10-12-13-11-8/h2-5,15H,1H3,(H,10,11,12,13). The molecule has 0 saturated heterocycles. The Labute approximate surface area is 90.7 Å². The summed E-state index contributed by atoms with van der Waals surface area (Å²) in [6.45, 7) is 0. The van der Waals surface area contributed by atoms with Crippen LogP contribution in [-0.2, 0) is 0 Å². The minimum absolute atomic E-state index is 0.00410. The van der Waals surface area contributed by atoms with Crippen LogP contribution in [0.25, 0.3) is 0 Å². The summed E-state index contributed by atoms with van der Waals surface area (Å²) in [5.74, 6) is -0.237. The molecule has 1 amide bonds. The zero-order chi connectivity index (χ0) is 11.5. The van der Waals surface area contributed by atoms with Crippen LogP contribution in [0.1, 0.15) is 10.6 Å². The minimum Gasteiger partial charge on any atom is -0.508 e. The molecule has 0 spiro atoms. The third-order valence-corrected chi connectivity index (χ3v) is 2.08. The first-order chi connectivity index (χ1) is 7.68. The van der Waals surface area contributed by atoms with Crippen LogP contribution in [0.15, 0.2) is 24.3 Å². The number of aromatic nitrogens is 4. The highest BCUT2D eigenvalue weighted by Crippen LogP contribution is 2.17. The van der Waals surface area contributed by atoms with Crippen molar-refractivity contribution < 1.29 is 9.90 Å². The number of hydrogen-bond acceptors (Lipinski definition) is 5. The molecule has 0 unspecified atom stereocenters. The zero-order valence-corrected chi connectivity index (χ0v) is 8.45. The van der Waals surface area contributed by atoms with Crippen molar-refractivity contribution in [2.24, 2.45) is 0 Å². The second kappa shape index (κ2) is 3.97. The van der Waals surface area contributed by atoms with E-state index in [0.717, 1.165) is 0 Å². The van der Waals surface area contributed by atoms with Gasteiger partial charge in [0.1, 0.15) is 5.75 Å². The van der Waals surface area contributed by atoms with Gasteiger partial charge in [-0.3, -0.25) is 4.79 Å². The Hall–Kier alpha value is -2.44. The number of aromatic hydroxyl groups is 1. The van der Waals surface area contributed by atoms with Gasteiger partial charge < -0.3 is 10.0 Å². The monoisotopic (exact) mass is 219 g/mol. The molecule has 1 aromatic heterocycles. The Morgan fingerprint density at radius 3 is 2.62 bits per heavy atom. The van der Waals surface area contributed by atoms with Crippen LogP contribution < -0.4 is 4.90 Å². The number of rotatable bonds is 2. The second-order valence-corrected chi connectivity index (χ2v) is 3.12. The van der Waals surface area contributed by atoms with E-state index in [0.29, 0.717) is 5.69 Å². The van der Waals surface area contributed by atoms with Crippen LogP contribution in [0.5, 0.6) is 5.75 Å². The molecule has 7 heteroatoms. The highest BCUT2D eigenvalue weighted by molar-refractivity contribution is 6.02. The summed E-state index contributed by atoms with van der Waals surface area (Å²) < 4.78 is 0. The molecule has 0 radical (unpaired) electrons. The van der Waals surface area contributed by atoms with Crippen molar-refractivity contribution in [3.63, 3.8) is 0 Å². The normalized spacial score (nSPS) is 10.1. The fraction of sp³-hybridized carbons (Fsp3) is 0.111. The van der Waals surface area contributed by atoms with Crippen LogP contribution in [0.4, 0.5) is 5.69 Å². The van der Waals surface area contributed by atoms with Crippen molar-refractivity contribution in [3.05, 3.63) is 30.1 Å². The molecule has 0 aliphatic rings. The smallest absolute Gasteiger partial charge is 0.299 e. The molecular formula is C9H9N5O2. The summed E-state index contributed by atoms with van der Waals surface area (Å²) in [7, 11) is 1.59. The van der Waals surface area contributed by atoms with Crippen LogP contribution in [0.2, 0.25) is 0 Å². The van der Waals surface area contributed by atoms with Gasteiger partial charge in [-0.2, -0.15) is 5.21 Å². The molecule has 0 aliphatic carbocycles. The summed E-state index contributed by atoms with van der Waals surface area (Å²) in [4.78, 5) is 13.1. The number of nitrogens with one attached hydrogen (secondary N) is 1. The van der Waals surface area contributed by atoms with E-state index in [2.05, 4.69) is 20.6 Å².